The summed E-state index contributed by atoms with van der Waals surface area (Å²) in [6.45, 7) is 3.45. The number of aromatic nitrogens is 1. The van der Waals surface area contributed by atoms with Crippen molar-refractivity contribution in [2.24, 2.45) is 0 Å². The molecule has 7 heteroatoms. The van der Waals surface area contributed by atoms with E-state index in [4.69, 9.17) is 0 Å². The van der Waals surface area contributed by atoms with Crippen LogP contribution in [0.25, 0.3) is 0 Å². The molecule has 1 aliphatic heterocycles. The van der Waals surface area contributed by atoms with E-state index in [9.17, 15) is 13.2 Å². The first-order chi connectivity index (χ1) is 13.9. The van der Waals surface area contributed by atoms with Crippen molar-refractivity contribution >= 4 is 15.9 Å². The summed E-state index contributed by atoms with van der Waals surface area (Å²) in [6.07, 6.45) is 7.21. The zero-order valence-electron chi connectivity index (χ0n) is 17.1. The molecule has 2 aliphatic rings. The standard InChI is InChI=1S/C22H29N3O3S/c1-17-21-9-6-14-24(21)15-16-25(17)22(26)18-10-12-20(13-11-18)29(27,28)23(2)19-7-4-3-5-8-19/h6,9-14,17,19H,3-5,7-8,15-16H2,1-2H3. The molecule has 1 unspecified atom stereocenters. The van der Waals surface area contributed by atoms with E-state index in [1.54, 1.807) is 31.3 Å². The molecule has 1 aromatic heterocycles. The number of benzene rings is 1. The van der Waals surface area contributed by atoms with Crippen molar-refractivity contribution in [3.05, 3.63) is 53.9 Å². The number of carbonyl (C=O) groups excluding carboxylic acids is 1. The van der Waals surface area contributed by atoms with Crippen LogP contribution in [-0.4, -0.2) is 47.7 Å². The van der Waals surface area contributed by atoms with E-state index in [-0.39, 0.29) is 22.9 Å². The maximum Gasteiger partial charge on any atom is 0.254 e. The van der Waals surface area contributed by atoms with Gasteiger partial charge in [0.25, 0.3) is 5.91 Å². The first kappa shape index (κ1) is 20.2. The predicted octanol–water partition coefficient (Wildman–Crippen LogP) is 3.66. The number of hydrogen-bond acceptors (Lipinski definition) is 3. The molecule has 6 nitrogen and oxygen atoms in total. The molecule has 156 valence electrons. The third kappa shape index (κ3) is 3.73. The van der Waals surface area contributed by atoms with E-state index >= 15 is 0 Å². The van der Waals surface area contributed by atoms with Crippen LogP contribution in [-0.2, 0) is 16.6 Å². The summed E-state index contributed by atoms with van der Waals surface area (Å²) in [4.78, 5) is 15.1. The van der Waals surface area contributed by atoms with Gasteiger partial charge in [-0.15, -0.1) is 0 Å². The number of carbonyl (C=O) groups is 1. The summed E-state index contributed by atoms with van der Waals surface area (Å²) in [5, 5.41) is 0. The highest BCUT2D eigenvalue weighted by Gasteiger charge is 2.30. The molecular weight excluding hydrogens is 386 g/mol. The van der Waals surface area contributed by atoms with E-state index in [0.717, 1.165) is 37.9 Å². The van der Waals surface area contributed by atoms with Crippen LogP contribution >= 0.6 is 0 Å². The molecule has 0 radical (unpaired) electrons. The van der Waals surface area contributed by atoms with Crippen molar-refractivity contribution in [3.8, 4) is 0 Å². The summed E-state index contributed by atoms with van der Waals surface area (Å²) in [7, 11) is -1.87. The van der Waals surface area contributed by atoms with Gasteiger partial charge in [-0.2, -0.15) is 4.31 Å². The molecule has 2 heterocycles. The number of hydrogen-bond donors (Lipinski definition) is 0. The third-order valence-electron chi connectivity index (χ3n) is 6.47. The van der Waals surface area contributed by atoms with Crippen LogP contribution < -0.4 is 0 Å². The lowest BCUT2D eigenvalue weighted by Gasteiger charge is -2.35. The van der Waals surface area contributed by atoms with Crippen LogP contribution in [0.2, 0.25) is 0 Å². The Balaban J connectivity index is 1.51. The molecule has 1 aromatic carbocycles. The minimum absolute atomic E-state index is 0.00732. The number of fused-ring (bicyclic) bond motifs is 1. The van der Waals surface area contributed by atoms with Gasteiger partial charge in [0.15, 0.2) is 0 Å². The van der Waals surface area contributed by atoms with Crippen LogP contribution in [0.5, 0.6) is 0 Å². The molecule has 0 saturated heterocycles. The molecule has 2 aromatic rings. The van der Waals surface area contributed by atoms with Crippen LogP contribution in [0.1, 0.15) is 61.1 Å². The lowest BCUT2D eigenvalue weighted by Crippen LogP contribution is -2.40. The van der Waals surface area contributed by atoms with Gasteiger partial charge in [0.05, 0.1) is 10.9 Å². The van der Waals surface area contributed by atoms with Crippen molar-refractivity contribution in [3.63, 3.8) is 0 Å². The first-order valence-electron chi connectivity index (χ1n) is 10.4. The molecule has 1 aliphatic carbocycles. The van der Waals surface area contributed by atoms with Gasteiger partial charge in [-0.25, -0.2) is 8.42 Å². The number of sulfonamides is 1. The Kier molecular flexibility index (Phi) is 5.53. The largest absolute Gasteiger partial charge is 0.348 e. The summed E-state index contributed by atoms with van der Waals surface area (Å²) >= 11 is 0. The zero-order chi connectivity index (χ0) is 20.6. The van der Waals surface area contributed by atoms with Crippen LogP contribution in [0.15, 0.2) is 47.5 Å². The molecule has 29 heavy (non-hydrogen) atoms. The van der Waals surface area contributed by atoms with Gasteiger partial charge in [0.2, 0.25) is 10.0 Å². The van der Waals surface area contributed by atoms with Crippen molar-refractivity contribution in [2.45, 2.75) is 62.6 Å². The molecular formula is C22H29N3O3S. The van der Waals surface area contributed by atoms with E-state index < -0.39 is 10.0 Å². The second-order valence-corrected chi connectivity index (χ2v) is 10.1. The van der Waals surface area contributed by atoms with Crippen LogP contribution in [0, 0.1) is 0 Å². The summed E-state index contributed by atoms with van der Waals surface area (Å²) in [5.41, 5.74) is 1.65. The van der Waals surface area contributed by atoms with E-state index in [1.807, 2.05) is 30.2 Å². The smallest absolute Gasteiger partial charge is 0.254 e. The average molecular weight is 416 g/mol. The van der Waals surface area contributed by atoms with Gasteiger partial charge < -0.3 is 9.47 Å². The van der Waals surface area contributed by atoms with Crippen LogP contribution in [0.3, 0.4) is 0 Å². The quantitative estimate of drug-likeness (QED) is 0.766. The van der Waals surface area contributed by atoms with Gasteiger partial charge in [0, 0.05) is 43.6 Å². The summed E-state index contributed by atoms with van der Waals surface area (Å²) < 4.78 is 29.7. The SMILES string of the molecule is CC1c2cccn2CCN1C(=O)c1ccc(S(=O)(=O)N(C)C2CCCCC2)cc1. The molecule has 1 amide bonds. The molecule has 1 atom stereocenters. The lowest BCUT2D eigenvalue weighted by molar-refractivity contribution is 0.0644. The maximum atomic E-state index is 13.0. The number of nitrogens with zero attached hydrogens (tertiary/aromatic N) is 3. The minimum Gasteiger partial charge on any atom is -0.348 e. The highest BCUT2D eigenvalue weighted by molar-refractivity contribution is 7.89. The minimum atomic E-state index is -3.54. The highest BCUT2D eigenvalue weighted by atomic mass is 32.2. The number of rotatable bonds is 4. The van der Waals surface area contributed by atoms with Gasteiger partial charge in [-0.1, -0.05) is 19.3 Å². The van der Waals surface area contributed by atoms with Gasteiger partial charge in [-0.05, 0) is 56.2 Å². The van der Waals surface area contributed by atoms with Crippen LogP contribution in [0.4, 0.5) is 0 Å². The molecule has 1 fully saturated rings. The van der Waals surface area contributed by atoms with Crippen molar-refractivity contribution < 1.29 is 13.2 Å². The van der Waals surface area contributed by atoms with E-state index in [1.165, 1.54) is 10.7 Å². The van der Waals surface area contributed by atoms with Gasteiger partial charge >= 0.3 is 0 Å². The normalized spacial score (nSPS) is 20.7. The van der Waals surface area contributed by atoms with E-state index in [2.05, 4.69) is 4.57 Å². The zero-order valence-corrected chi connectivity index (χ0v) is 17.9. The Morgan fingerprint density at radius 2 is 1.72 bits per heavy atom. The predicted molar refractivity (Wildman–Crippen MR) is 112 cm³/mol. The lowest BCUT2D eigenvalue weighted by atomic mass is 9.96. The molecule has 0 spiro atoms. The summed E-state index contributed by atoms with van der Waals surface area (Å²) in [6, 6.07) is 10.5. The molecule has 4 rings (SSSR count). The fraction of sp³-hybridized carbons (Fsp3) is 0.500. The van der Waals surface area contributed by atoms with Crippen molar-refractivity contribution in [1.82, 2.24) is 13.8 Å². The van der Waals surface area contributed by atoms with E-state index in [0.29, 0.717) is 12.1 Å². The second kappa shape index (κ2) is 7.95. The number of amides is 1. The molecule has 1 saturated carbocycles. The molecule has 0 N–H and O–H groups in total. The third-order valence-corrected chi connectivity index (χ3v) is 8.39. The van der Waals surface area contributed by atoms with Gasteiger partial charge in [-0.3, -0.25) is 4.79 Å². The Labute approximate surface area is 173 Å². The second-order valence-electron chi connectivity index (χ2n) is 8.14. The Morgan fingerprint density at radius 3 is 2.41 bits per heavy atom. The fourth-order valence-electron chi connectivity index (χ4n) is 4.60. The van der Waals surface area contributed by atoms with Crippen molar-refractivity contribution in [2.75, 3.05) is 13.6 Å². The molecule has 0 bridgehead atoms. The summed E-state index contributed by atoms with van der Waals surface area (Å²) in [5.74, 6) is -0.0606. The first-order valence-corrected chi connectivity index (χ1v) is 11.9. The monoisotopic (exact) mass is 415 g/mol. The fourth-order valence-corrected chi connectivity index (χ4v) is 6.01. The van der Waals surface area contributed by atoms with Gasteiger partial charge in [0.1, 0.15) is 0 Å². The Bertz CT molecular complexity index is 975. The highest BCUT2D eigenvalue weighted by Crippen LogP contribution is 2.29. The Morgan fingerprint density at radius 1 is 1.03 bits per heavy atom. The maximum absolute atomic E-state index is 13.0. The topological polar surface area (TPSA) is 62.6 Å². The Hall–Kier alpha value is -2.12. The van der Waals surface area contributed by atoms with Crippen molar-refractivity contribution in [1.29, 1.82) is 0 Å². The average Bonchev–Trinajstić information content (AvgIpc) is 3.23.